The second-order valence-electron chi connectivity index (χ2n) is 5.37. The number of alkyl halides is 3. The molecule has 2 aromatic heterocycles. The van der Waals surface area contributed by atoms with Crippen molar-refractivity contribution in [1.82, 2.24) is 9.97 Å². The maximum atomic E-state index is 13.2. The van der Waals surface area contributed by atoms with E-state index in [1.165, 1.54) is 29.8 Å². The molecule has 3 nitrogen and oxygen atoms in total. The first-order valence-corrected chi connectivity index (χ1v) is 8.41. The van der Waals surface area contributed by atoms with Gasteiger partial charge in [-0.05, 0) is 42.5 Å². The molecule has 0 saturated heterocycles. The van der Waals surface area contributed by atoms with E-state index in [0.717, 1.165) is 16.3 Å². The second kappa shape index (κ2) is 6.57. The molecule has 0 spiro atoms. The molecule has 126 valence electrons. The first-order chi connectivity index (χ1) is 11.4. The zero-order chi connectivity index (χ0) is 17.3. The first-order valence-electron chi connectivity index (χ1n) is 7.15. The summed E-state index contributed by atoms with van der Waals surface area (Å²) < 4.78 is 39.5. The van der Waals surface area contributed by atoms with Gasteiger partial charge in [0.2, 0.25) is 0 Å². The van der Waals surface area contributed by atoms with Crippen LogP contribution >= 0.6 is 22.9 Å². The summed E-state index contributed by atoms with van der Waals surface area (Å²) in [6.45, 7) is 1.80. The molecule has 0 aliphatic carbocycles. The van der Waals surface area contributed by atoms with Crippen molar-refractivity contribution in [3.63, 3.8) is 0 Å². The van der Waals surface area contributed by atoms with E-state index in [2.05, 4.69) is 15.3 Å². The fourth-order valence-corrected chi connectivity index (χ4v) is 3.51. The zero-order valence-electron chi connectivity index (χ0n) is 12.6. The van der Waals surface area contributed by atoms with Crippen LogP contribution in [0.15, 0.2) is 36.0 Å². The normalized spacial score (nSPS) is 13.2. The van der Waals surface area contributed by atoms with Gasteiger partial charge in [0, 0.05) is 11.1 Å². The molecular weight excluding hydrogens is 359 g/mol. The lowest BCUT2D eigenvalue weighted by molar-refractivity contribution is -0.138. The molecule has 8 heteroatoms. The lowest BCUT2D eigenvalue weighted by atomic mass is 10.0. The Hall–Kier alpha value is -1.86. The van der Waals surface area contributed by atoms with Gasteiger partial charge in [-0.25, -0.2) is 9.97 Å². The van der Waals surface area contributed by atoms with Crippen molar-refractivity contribution in [2.75, 3.05) is 5.32 Å². The van der Waals surface area contributed by atoms with Gasteiger partial charge < -0.3 is 5.32 Å². The van der Waals surface area contributed by atoms with E-state index in [-0.39, 0.29) is 23.0 Å². The minimum atomic E-state index is -4.44. The highest BCUT2D eigenvalue weighted by molar-refractivity contribution is 7.16. The molecule has 1 atom stereocenters. The Morgan fingerprint density at radius 3 is 2.79 bits per heavy atom. The van der Waals surface area contributed by atoms with Crippen molar-refractivity contribution in [2.45, 2.75) is 25.6 Å². The average Bonchev–Trinajstić information content (AvgIpc) is 2.98. The van der Waals surface area contributed by atoms with Gasteiger partial charge in [-0.15, -0.1) is 11.3 Å². The van der Waals surface area contributed by atoms with E-state index < -0.39 is 11.7 Å². The maximum absolute atomic E-state index is 13.2. The molecule has 0 bridgehead atoms. The van der Waals surface area contributed by atoms with E-state index in [1.807, 2.05) is 11.4 Å². The van der Waals surface area contributed by atoms with Crippen LogP contribution in [0.1, 0.15) is 18.1 Å². The van der Waals surface area contributed by atoms with Gasteiger partial charge >= 0.3 is 6.18 Å². The van der Waals surface area contributed by atoms with E-state index >= 15 is 0 Å². The van der Waals surface area contributed by atoms with Crippen molar-refractivity contribution in [3.05, 3.63) is 52.1 Å². The van der Waals surface area contributed by atoms with Crippen LogP contribution in [0.3, 0.4) is 0 Å². The van der Waals surface area contributed by atoms with Crippen LogP contribution in [0.4, 0.5) is 19.0 Å². The van der Waals surface area contributed by atoms with E-state index in [0.29, 0.717) is 5.82 Å². The topological polar surface area (TPSA) is 37.8 Å². The highest BCUT2D eigenvalue weighted by atomic mass is 35.5. The van der Waals surface area contributed by atoms with Crippen molar-refractivity contribution < 1.29 is 13.2 Å². The Bertz CT molecular complexity index is 863. The zero-order valence-corrected chi connectivity index (χ0v) is 14.1. The molecule has 0 fully saturated rings. The summed E-state index contributed by atoms with van der Waals surface area (Å²) in [6, 6.07) is 5.43. The lowest BCUT2D eigenvalue weighted by Gasteiger charge is -2.19. The number of hydrogen-bond donors (Lipinski definition) is 1. The Kier molecular flexibility index (Phi) is 4.64. The van der Waals surface area contributed by atoms with Crippen LogP contribution in [0.5, 0.6) is 0 Å². The molecule has 0 saturated carbocycles. The molecule has 1 N–H and O–H groups in total. The number of benzene rings is 1. The molecule has 1 aromatic carbocycles. The van der Waals surface area contributed by atoms with E-state index in [4.69, 9.17) is 11.6 Å². The Balaban J connectivity index is 1.86. The number of fused-ring (bicyclic) bond motifs is 1. The first kappa shape index (κ1) is 17.0. The molecule has 2 heterocycles. The van der Waals surface area contributed by atoms with Crippen LogP contribution in [0.2, 0.25) is 5.02 Å². The highest BCUT2D eigenvalue weighted by Gasteiger charge is 2.34. The van der Waals surface area contributed by atoms with Crippen LogP contribution in [-0.2, 0) is 12.6 Å². The second-order valence-corrected chi connectivity index (χ2v) is 6.68. The SMILES string of the molecule is CC(Cc1c(Cl)cccc1C(F)(F)F)Nc1ncnc2sccc12. The Morgan fingerprint density at radius 1 is 1.25 bits per heavy atom. The van der Waals surface area contributed by atoms with Gasteiger partial charge in [0.05, 0.1) is 10.9 Å². The summed E-state index contributed by atoms with van der Waals surface area (Å²) in [5.74, 6) is 0.606. The molecule has 3 rings (SSSR count). The number of nitrogens with one attached hydrogen (secondary N) is 1. The smallest absolute Gasteiger partial charge is 0.367 e. The third-order valence-corrected chi connectivity index (χ3v) is 4.75. The summed E-state index contributed by atoms with van der Waals surface area (Å²) >= 11 is 7.49. The fourth-order valence-electron chi connectivity index (χ4n) is 2.53. The minimum absolute atomic E-state index is 0.0854. The quantitative estimate of drug-likeness (QED) is 0.666. The van der Waals surface area contributed by atoms with E-state index in [1.54, 1.807) is 6.92 Å². The van der Waals surface area contributed by atoms with Crippen LogP contribution in [-0.4, -0.2) is 16.0 Å². The molecule has 3 aromatic rings. The van der Waals surface area contributed by atoms with Gasteiger partial charge in [0.25, 0.3) is 0 Å². The molecule has 0 radical (unpaired) electrons. The number of aromatic nitrogens is 2. The summed E-state index contributed by atoms with van der Waals surface area (Å²) in [4.78, 5) is 9.16. The summed E-state index contributed by atoms with van der Waals surface area (Å²) in [5, 5.41) is 6.01. The number of rotatable bonds is 4. The Morgan fingerprint density at radius 2 is 2.04 bits per heavy atom. The van der Waals surface area contributed by atoms with Gasteiger partial charge in [0.1, 0.15) is 17.0 Å². The Labute approximate surface area is 145 Å². The summed E-state index contributed by atoms with van der Waals surface area (Å²) in [6.07, 6.45) is -2.87. The standard InChI is InChI=1S/C16H13ClF3N3S/c1-9(23-14-10-5-6-24-15(10)22-8-21-14)7-11-12(16(18,19)20)3-2-4-13(11)17/h2-6,8-9H,7H2,1H3,(H,21,22,23). The summed E-state index contributed by atoms with van der Waals surface area (Å²) in [5.41, 5.74) is -0.616. The van der Waals surface area contributed by atoms with Gasteiger partial charge in [0.15, 0.2) is 0 Å². The number of halogens is 4. The van der Waals surface area contributed by atoms with Gasteiger partial charge in [-0.2, -0.15) is 13.2 Å². The number of thiophene rings is 1. The highest BCUT2D eigenvalue weighted by Crippen LogP contribution is 2.36. The molecule has 24 heavy (non-hydrogen) atoms. The van der Waals surface area contributed by atoms with Crippen molar-refractivity contribution >= 4 is 39.0 Å². The molecule has 0 amide bonds. The number of anilines is 1. The maximum Gasteiger partial charge on any atom is 0.416 e. The fraction of sp³-hybridized carbons (Fsp3) is 0.250. The third-order valence-electron chi connectivity index (χ3n) is 3.58. The average molecular weight is 372 g/mol. The van der Waals surface area contributed by atoms with Gasteiger partial charge in [-0.1, -0.05) is 17.7 Å². The molecule has 0 aliphatic rings. The predicted molar refractivity (Wildman–Crippen MR) is 90.7 cm³/mol. The largest absolute Gasteiger partial charge is 0.416 e. The summed E-state index contributed by atoms with van der Waals surface area (Å²) in [7, 11) is 0. The van der Waals surface area contributed by atoms with Crippen molar-refractivity contribution in [2.24, 2.45) is 0 Å². The molecule has 1 unspecified atom stereocenters. The predicted octanol–water partition coefficient (Wildman–Crippen LogP) is 5.41. The van der Waals surface area contributed by atoms with Crippen LogP contribution in [0, 0.1) is 0 Å². The van der Waals surface area contributed by atoms with Crippen molar-refractivity contribution in [3.8, 4) is 0 Å². The van der Waals surface area contributed by atoms with E-state index in [9.17, 15) is 13.2 Å². The monoisotopic (exact) mass is 371 g/mol. The van der Waals surface area contributed by atoms with Gasteiger partial charge in [-0.3, -0.25) is 0 Å². The lowest BCUT2D eigenvalue weighted by Crippen LogP contribution is -2.21. The van der Waals surface area contributed by atoms with Crippen LogP contribution in [0.25, 0.3) is 10.2 Å². The third kappa shape index (κ3) is 3.47. The van der Waals surface area contributed by atoms with Crippen molar-refractivity contribution in [1.29, 1.82) is 0 Å². The number of hydrogen-bond acceptors (Lipinski definition) is 4. The minimum Gasteiger partial charge on any atom is -0.367 e. The molecule has 0 aliphatic heterocycles. The number of nitrogens with zero attached hydrogens (tertiary/aromatic N) is 2. The molecular formula is C16H13ClF3N3S. The van der Waals surface area contributed by atoms with Crippen LogP contribution < -0.4 is 5.32 Å².